The average molecular weight is 653 g/mol. The van der Waals surface area contributed by atoms with Gasteiger partial charge in [-0.1, -0.05) is 127 Å². The van der Waals surface area contributed by atoms with Crippen molar-refractivity contribution >= 4 is 62.0 Å². The highest BCUT2D eigenvalue weighted by molar-refractivity contribution is 7.20. The van der Waals surface area contributed by atoms with Crippen LogP contribution in [0.4, 0.5) is 11.4 Å². The Balaban J connectivity index is 1.46. The molecule has 0 bridgehead atoms. The minimum absolute atomic E-state index is 0.548. The van der Waals surface area contributed by atoms with Gasteiger partial charge in [-0.05, 0) is 79.7 Å². The zero-order valence-electron chi connectivity index (χ0n) is 27.0. The third-order valence-electron chi connectivity index (χ3n) is 9.59. The monoisotopic (exact) mass is 652 g/mol. The predicted octanol–water partition coefficient (Wildman–Crippen LogP) is 8.80. The summed E-state index contributed by atoms with van der Waals surface area (Å²) in [4.78, 5) is 7.82. The van der Waals surface area contributed by atoms with E-state index < -0.39 is 8.07 Å². The molecule has 8 aromatic rings. The molecule has 8 rings (SSSR count). The second kappa shape index (κ2) is 12.6. The number of fused-ring (bicyclic) bond motifs is 3. The van der Waals surface area contributed by atoms with Crippen molar-refractivity contribution in [1.29, 1.82) is 5.26 Å². The van der Waals surface area contributed by atoms with Crippen LogP contribution in [0.1, 0.15) is 5.56 Å². The summed E-state index contributed by atoms with van der Waals surface area (Å²) in [6.45, 7) is 16.1. The molecule has 0 saturated heterocycles. The highest BCUT2D eigenvalue weighted by Crippen LogP contribution is 2.37. The Kier molecular flexibility index (Phi) is 7.63. The molecule has 7 aromatic carbocycles. The van der Waals surface area contributed by atoms with E-state index in [1.807, 2.05) is 48.5 Å². The molecular weight excluding hydrogens is 625 g/mol. The van der Waals surface area contributed by atoms with E-state index in [9.17, 15) is 5.26 Å². The first-order valence-corrected chi connectivity index (χ1v) is 18.3. The first kappa shape index (κ1) is 30.4. The molecule has 0 radical (unpaired) electrons. The second-order valence-corrected chi connectivity index (χ2v) is 16.0. The summed E-state index contributed by atoms with van der Waals surface area (Å²) in [7, 11) is -2.98. The molecule has 0 fully saturated rings. The van der Waals surface area contributed by atoms with E-state index in [1.165, 1.54) is 15.6 Å². The van der Waals surface area contributed by atoms with E-state index in [2.05, 4.69) is 142 Å². The van der Waals surface area contributed by atoms with Crippen molar-refractivity contribution < 1.29 is 0 Å². The maximum atomic E-state index is 9.72. The summed E-state index contributed by atoms with van der Waals surface area (Å²) < 4.78 is 2.19. The molecule has 5 heteroatoms. The topological polar surface area (TPSA) is 37.4 Å². The van der Waals surface area contributed by atoms with Crippen LogP contribution in [-0.2, 0) is 0 Å². The first-order chi connectivity index (χ1) is 24.7. The predicted molar refractivity (Wildman–Crippen MR) is 207 cm³/mol. The highest BCUT2D eigenvalue weighted by Gasteiger charge is 2.43. The summed E-state index contributed by atoms with van der Waals surface area (Å²) in [5.41, 5.74) is 6.41. The van der Waals surface area contributed by atoms with Crippen LogP contribution in [0.5, 0.6) is 0 Å². The normalized spacial score (nSPS) is 11.1. The first-order valence-electron chi connectivity index (χ1n) is 16.3. The summed E-state index contributed by atoms with van der Waals surface area (Å²) in [5.74, 6) is 0. The largest absolute Gasteiger partial charge is 0.309 e. The molecule has 0 unspecified atom stereocenters. The number of hydrogen-bond donors (Lipinski definition) is 0. The zero-order valence-corrected chi connectivity index (χ0v) is 28.0. The van der Waals surface area contributed by atoms with E-state index in [1.54, 1.807) is 0 Å². The van der Waals surface area contributed by atoms with Gasteiger partial charge in [0.15, 0.2) is 19.4 Å². The Bertz CT molecular complexity index is 2510. The highest BCUT2D eigenvalue weighted by atomic mass is 28.3. The molecule has 0 atom stereocenters. The molecule has 0 saturated carbocycles. The maximum absolute atomic E-state index is 9.72. The standard InChI is InChI=1S/C45H28N4Si/c1-47-34-25-27-43-40(30-34)39-28-32(31-46)24-26-42(39)49(43)35-15-12-14-33(29-35)45-41(48-2)22-13-23-44(45)50(36-16-6-3-7-17-36,37-18-8-4-9-19-37)38-20-10-5-11-21-38/h3-30H. The fourth-order valence-electron chi connectivity index (χ4n) is 7.51. The van der Waals surface area contributed by atoms with Gasteiger partial charge >= 0.3 is 0 Å². The fraction of sp³-hybridized carbons (Fsp3) is 0. The van der Waals surface area contributed by atoms with Crippen molar-refractivity contribution in [1.82, 2.24) is 4.57 Å². The maximum Gasteiger partial charge on any atom is 0.194 e. The Morgan fingerprint density at radius 2 is 1.12 bits per heavy atom. The Labute approximate surface area is 292 Å². The van der Waals surface area contributed by atoms with E-state index in [0.29, 0.717) is 16.9 Å². The molecule has 0 aliphatic carbocycles. The van der Waals surface area contributed by atoms with Crippen molar-refractivity contribution in [3.63, 3.8) is 0 Å². The van der Waals surface area contributed by atoms with Crippen LogP contribution < -0.4 is 20.7 Å². The lowest BCUT2D eigenvalue weighted by molar-refractivity contribution is 1.18. The Hall–Kier alpha value is -6.97. The summed E-state index contributed by atoms with van der Waals surface area (Å²) in [5, 5.41) is 16.4. The van der Waals surface area contributed by atoms with Crippen LogP contribution >= 0.6 is 0 Å². The lowest BCUT2D eigenvalue weighted by Gasteiger charge is -2.36. The van der Waals surface area contributed by atoms with Crippen molar-refractivity contribution in [3.8, 4) is 22.9 Å². The van der Waals surface area contributed by atoms with Crippen LogP contribution in [0.25, 0.3) is 48.3 Å². The van der Waals surface area contributed by atoms with Crippen LogP contribution in [0.3, 0.4) is 0 Å². The molecule has 4 nitrogen and oxygen atoms in total. The average Bonchev–Trinajstić information content (AvgIpc) is 3.52. The minimum atomic E-state index is -2.98. The van der Waals surface area contributed by atoms with Crippen molar-refractivity contribution in [2.45, 2.75) is 0 Å². The van der Waals surface area contributed by atoms with Gasteiger partial charge in [0, 0.05) is 11.1 Å². The second-order valence-electron chi connectivity index (χ2n) is 12.2. The van der Waals surface area contributed by atoms with Crippen LogP contribution in [0, 0.1) is 24.5 Å². The van der Waals surface area contributed by atoms with Gasteiger partial charge in [0.05, 0.1) is 35.8 Å². The van der Waals surface area contributed by atoms with Crippen molar-refractivity contribution in [2.24, 2.45) is 0 Å². The van der Waals surface area contributed by atoms with Crippen LogP contribution in [0.15, 0.2) is 170 Å². The lowest BCUT2D eigenvalue weighted by atomic mass is 10.0. The van der Waals surface area contributed by atoms with Gasteiger partial charge in [0.2, 0.25) is 0 Å². The van der Waals surface area contributed by atoms with Gasteiger partial charge < -0.3 is 4.57 Å². The molecule has 0 aliphatic heterocycles. The van der Waals surface area contributed by atoms with Crippen LogP contribution in [0.2, 0.25) is 0 Å². The fourth-order valence-corrected chi connectivity index (χ4v) is 12.5. The third-order valence-corrected chi connectivity index (χ3v) is 14.4. The summed E-state index contributed by atoms with van der Waals surface area (Å²) in [6, 6.07) is 60.6. The molecular formula is C45H28N4Si. The molecule has 50 heavy (non-hydrogen) atoms. The van der Waals surface area contributed by atoms with E-state index in [0.717, 1.165) is 43.8 Å². The summed E-state index contributed by atoms with van der Waals surface area (Å²) in [6.07, 6.45) is 0. The number of aromatic nitrogens is 1. The molecule has 1 heterocycles. The molecule has 0 aliphatic rings. The molecule has 232 valence electrons. The molecule has 0 spiro atoms. The molecule has 0 amide bonds. The van der Waals surface area contributed by atoms with Crippen LogP contribution in [-0.4, -0.2) is 12.6 Å². The molecule has 1 aromatic heterocycles. The van der Waals surface area contributed by atoms with Gasteiger partial charge in [-0.3, -0.25) is 0 Å². The van der Waals surface area contributed by atoms with E-state index >= 15 is 0 Å². The minimum Gasteiger partial charge on any atom is -0.309 e. The number of hydrogen-bond acceptors (Lipinski definition) is 1. The van der Waals surface area contributed by atoms with Crippen molar-refractivity contribution in [2.75, 3.05) is 0 Å². The smallest absolute Gasteiger partial charge is 0.194 e. The quantitative estimate of drug-likeness (QED) is 0.101. The third kappa shape index (κ3) is 4.80. The lowest BCUT2D eigenvalue weighted by Crippen LogP contribution is -2.75. The Morgan fingerprint density at radius 1 is 0.540 bits per heavy atom. The van der Waals surface area contributed by atoms with Gasteiger partial charge in [0.1, 0.15) is 0 Å². The van der Waals surface area contributed by atoms with Gasteiger partial charge in [-0.15, -0.1) is 0 Å². The van der Waals surface area contributed by atoms with Gasteiger partial charge in [-0.25, -0.2) is 9.69 Å². The number of nitrogens with zero attached hydrogens (tertiary/aromatic N) is 4. The number of rotatable bonds is 6. The van der Waals surface area contributed by atoms with E-state index in [-0.39, 0.29) is 0 Å². The van der Waals surface area contributed by atoms with Crippen molar-refractivity contribution in [3.05, 3.63) is 198 Å². The Morgan fingerprint density at radius 3 is 1.70 bits per heavy atom. The van der Waals surface area contributed by atoms with E-state index in [4.69, 9.17) is 13.1 Å². The summed E-state index contributed by atoms with van der Waals surface area (Å²) >= 11 is 0. The number of nitriles is 1. The van der Waals surface area contributed by atoms with Gasteiger partial charge in [-0.2, -0.15) is 5.26 Å². The zero-order chi connectivity index (χ0) is 34.1. The number of benzene rings is 7. The molecule has 0 N–H and O–H groups in total. The SMILES string of the molecule is [C-]#[N+]c1ccc2c(c1)c1cc(C#N)ccc1n2-c1cccc(-c2c([N+]#[C-])cccc2[Si](c2ccccc2)(c2ccccc2)c2ccccc2)c1. The van der Waals surface area contributed by atoms with Gasteiger partial charge in [0.25, 0.3) is 0 Å².